The molecule has 9 aliphatic rings. The molecule has 8 fully saturated rings. The number of aliphatic carboxylic acids is 1. The van der Waals surface area contributed by atoms with E-state index < -0.39 is 153 Å². The summed E-state index contributed by atoms with van der Waals surface area (Å²) in [5, 5.41) is 130. The molecule has 21 heteroatoms. The summed E-state index contributed by atoms with van der Waals surface area (Å²) in [6.45, 7) is 13.1. The van der Waals surface area contributed by atoms with Crippen molar-refractivity contribution in [2.45, 2.75) is 229 Å². The highest BCUT2D eigenvalue weighted by molar-refractivity contribution is 5.76. The lowest BCUT2D eigenvalue weighted by Gasteiger charge is -2.71. The van der Waals surface area contributed by atoms with E-state index in [0.29, 0.717) is 25.7 Å². The van der Waals surface area contributed by atoms with E-state index in [9.17, 15) is 66.1 Å². The smallest absolute Gasteiger partial charge is 0.310 e. The monoisotopic (exact) mass is 1040 g/mol. The lowest BCUT2D eigenvalue weighted by Crippen LogP contribution is -2.68. The third-order valence-electron chi connectivity index (χ3n) is 20.8. The minimum absolute atomic E-state index is 0.0181. The second-order valence-corrected chi connectivity index (χ2v) is 25.2. The summed E-state index contributed by atoms with van der Waals surface area (Å²) >= 11 is 0. The number of aliphatic hydroxyl groups is 11. The van der Waals surface area contributed by atoms with Crippen molar-refractivity contribution in [2.75, 3.05) is 26.4 Å². The number of hydrogen-bond donors (Lipinski definition) is 12. The zero-order valence-corrected chi connectivity index (χ0v) is 43.2. The Balaban J connectivity index is 1.04. The summed E-state index contributed by atoms with van der Waals surface area (Å²) in [5.74, 6) is -0.651. The van der Waals surface area contributed by atoms with Gasteiger partial charge in [0.2, 0.25) is 0 Å². The maximum Gasteiger partial charge on any atom is 0.310 e. The van der Waals surface area contributed by atoms with Crippen LogP contribution in [0.5, 0.6) is 0 Å². The Kier molecular flexibility index (Phi) is 15.6. The molecule has 418 valence electrons. The fourth-order valence-corrected chi connectivity index (χ4v) is 16.0. The molecule has 4 heterocycles. The number of carboxylic acids is 1. The van der Waals surface area contributed by atoms with E-state index in [2.05, 4.69) is 40.7 Å². The van der Waals surface area contributed by atoms with Crippen molar-refractivity contribution < 1.29 is 104 Å². The van der Waals surface area contributed by atoms with Crippen molar-refractivity contribution >= 4 is 5.97 Å². The third kappa shape index (κ3) is 9.10. The Morgan fingerprint density at radius 1 is 0.644 bits per heavy atom. The van der Waals surface area contributed by atoms with Crippen LogP contribution in [-0.2, 0) is 42.7 Å². The van der Waals surface area contributed by atoms with Gasteiger partial charge in [-0.1, -0.05) is 53.2 Å². The summed E-state index contributed by atoms with van der Waals surface area (Å²) in [5.41, 5.74) is -1.10. The molecule has 12 N–H and O–H groups in total. The number of hydrogen-bond acceptors (Lipinski definition) is 20. The Morgan fingerprint density at radius 2 is 1.27 bits per heavy atom. The topological polar surface area (TPSA) is 334 Å². The average molecular weight is 1050 g/mol. The molecule has 4 saturated carbocycles. The molecule has 0 radical (unpaired) electrons. The number of ether oxygens (including phenoxy) is 8. The first kappa shape index (κ1) is 56.2. The van der Waals surface area contributed by atoms with Gasteiger partial charge < -0.3 is 99.2 Å². The highest BCUT2D eigenvalue weighted by atomic mass is 16.8. The zero-order chi connectivity index (χ0) is 53.1. The number of rotatable bonds is 11. The van der Waals surface area contributed by atoms with Gasteiger partial charge in [-0.25, -0.2) is 0 Å². The van der Waals surface area contributed by atoms with Crippen molar-refractivity contribution in [2.24, 2.45) is 50.2 Å². The molecule has 73 heavy (non-hydrogen) atoms. The van der Waals surface area contributed by atoms with Crippen LogP contribution in [-0.4, -0.2) is 210 Å². The predicted octanol–water partition coefficient (Wildman–Crippen LogP) is -0.191. The molecule has 0 amide bonds. The van der Waals surface area contributed by atoms with Gasteiger partial charge in [0.15, 0.2) is 25.2 Å². The molecular weight excluding hydrogens is 961 g/mol. The number of carboxylic acid groups (broad SMARTS) is 1. The molecule has 21 nitrogen and oxygen atoms in total. The van der Waals surface area contributed by atoms with Crippen LogP contribution in [0.15, 0.2) is 11.6 Å². The Labute approximate surface area is 426 Å². The lowest BCUT2D eigenvalue weighted by atomic mass is 9.33. The highest BCUT2D eigenvalue weighted by Gasteiger charge is 2.70. The summed E-state index contributed by atoms with van der Waals surface area (Å²) in [7, 11) is 0. The van der Waals surface area contributed by atoms with Gasteiger partial charge in [-0.05, 0) is 111 Å². The molecule has 0 aromatic rings. The van der Waals surface area contributed by atoms with Gasteiger partial charge in [-0.2, -0.15) is 0 Å². The second kappa shape index (κ2) is 20.3. The first-order valence-electron chi connectivity index (χ1n) is 26.7. The molecule has 0 spiro atoms. The van der Waals surface area contributed by atoms with E-state index in [0.717, 1.165) is 38.5 Å². The standard InChI is InChI=1S/C52H84O21/c1-23-32(56)35(59)38(62)43(68-23)73-41-40(72-42-37(61)33(57)26(55)20-66-42)28(70-44-39(63)36(60)34(58)27(19-53)69-44)21-67-45(41)71-31-11-12-48(4)29(49(31,5)22-54)10-13-51(7)30(48)9-8-24-25-18-47(2,3)14-16-52(25,46(64)65)17-15-50(24,51)6/h8,23,25-45,53-63H,9-22H2,1-7H3,(H,64,65)/t23-,25?,26+,27+,28-,29?,30?,31+,32-,33-,34+,35+,36-,37+,38+,39+,40-,41+,42-,43-,44-,45-,48-,49-,50+,51+,52-/m0/s1. The van der Waals surface area contributed by atoms with Crippen LogP contribution in [0.4, 0.5) is 0 Å². The third-order valence-corrected chi connectivity index (χ3v) is 20.8. The molecular formula is C52H84O21. The summed E-state index contributed by atoms with van der Waals surface area (Å²) in [6.07, 6.45) is -20.4. The van der Waals surface area contributed by atoms with Crippen molar-refractivity contribution in [3.05, 3.63) is 11.6 Å². The maximum atomic E-state index is 13.2. The zero-order valence-electron chi connectivity index (χ0n) is 43.2. The number of fused-ring (bicyclic) bond motifs is 7. The molecule has 3 unspecified atom stereocenters. The van der Waals surface area contributed by atoms with Crippen LogP contribution in [0, 0.1) is 50.2 Å². The molecule has 4 aliphatic heterocycles. The van der Waals surface area contributed by atoms with Gasteiger partial charge in [0, 0.05) is 5.41 Å². The van der Waals surface area contributed by atoms with Crippen molar-refractivity contribution in [1.82, 2.24) is 0 Å². The Bertz CT molecular complexity index is 2010. The fourth-order valence-electron chi connectivity index (χ4n) is 16.0. The van der Waals surface area contributed by atoms with Gasteiger partial charge in [-0.3, -0.25) is 4.79 Å². The van der Waals surface area contributed by atoms with Crippen molar-refractivity contribution in [1.29, 1.82) is 0 Å². The Hall–Kier alpha value is -1.55. The Morgan fingerprint density at radius 3 is 1.95 bits per heavy atom. The summed E-state index contributed by atoms with van der Waals surface area (Å²) in [6, 6.07) is 0. The van der Waals surface area contributed by atoms with E-state index in [1.54, 1.807) is 0 Å². The maximum absolute atomic E-state index is 13.2. The first-order valence-corrected chi connectivity index (χ1v) is 26.7. The first-order chi connectivity index (χ1) is 34.2. The van der Waals surface area contributed by atoms with E-state index in [4.69, 9.17) is 37.9 Å². The van der Waals surface area contributed by atoms with Crippen LogP contribution in [0.25, 0.3) is 0 Å². The number of aliphatic hydroxyl groups excluding tert-OH is 11. The largest absolute Gasteiger partial charge is 0.481 e. The van der Waals surface area contributed by atoms with E-state index in [1.807, 2.05) is 6.92 Å². The van der Waals surface area contributed by atoms with Gasteiger partial charge in [0.1, 0.15) is 79.4 Å². The van der Waals surface area contributed by atoms with Crippen molar-refractivity contribution in [3.63, 3.8) is 0 Å². The van der Waals surface area contributed by atoms with Crippen LogP contribution in [0.3, 0.4) is 0 Å². The molecule has 27 atom stereocenters. The molecule has 0 bridgehead atoms. The minimum Gasteiger partial charge on any atom is -0.481 e. The van der Waals surface area contributed by atoms with Crippen LogP contribution in [0.2, 0.25) is 0 Å². The van der Waals surface area contributed by atoms with Gasteiger partial charge in [0.05, 0.1) is 44.1 Å². The fraction of sp³-hybridized carbons (Fsp3) is 0.942. The average Bonchev–Trinajstić information content (AvgIpc) is 3.34. The SMILES string of the molecule is C[C@@H]1O[C@@H](O[C@H]2[C@H](O[C@@H]3CC[C@@]4(C)C(CC[C@]5(C)C4CC=C4C6CC(C)(C)CC[C@]6(C(=O)O)CC[C@]45C)[C@]3(C)CO)OC[C@H](O[C@@H]3O[C@H](CO)[C@@H](O)[C@H](O)[C@H]3O)[C@@H]2O[C@@H]2OC[C@@H](O)[C@H](O)[C@H]2O)[C@H](O)[C@H](O)[C@H]1O. The van der Waals surface area contributed by atoms with E-state index in [1.165, 1.54) is 12.5 Å². The van der Waals surface area contributed by atoms with Gasteiger partial charge >= 0.3 is 5.97 Å². The van der Waals surface area contributed by atoms with Crippen LogP contribution < -0.4 is 0 Å². The van der Waals surface area contributed by atoms with E-state index in [-0.39, 0.29) is 46.0 Å². The highest BCUT2D eigenvalue weighted by Crippen LogP contribution is 2.76. The van der Waals surface area contributed by atoms with Crippen molar-refractivity contribution in [3.8, 4) is 0 Å². The number of carbonyl (C=O) groups is 1. The summed E-state index contributed by atoms with van der Waals surface area (Å²) < 4.78 is 49.9. The number of allylic oxidation sites excluding steroid dienone is 2. The summed E-state index contributed by atoms with van der Waals surface area (Å²) in [4.78, 5) is 13.2. The minimum atomic E-state index is -1.88. The molecule has 0 aromatic carbocycles. The van der Waals surface area contributed by atoms with Gasteiger partial charge in [-0.15, -0.1) is 0 Å². The molecule has 9 rings (SSSR count). The molecule has 4 saturated heterocycles. The molecule has 5 aliphatic carbocycles. The second-order valence-electron chi connectivity index (χ2n) is 25.2. The predicted molar refractivity (Wildman–Crippen MR) is 251 cm³/mol. The van der Waals surface area contributed by atoms with E-state index >= 15 is 0 Å². The molecule has 0 aromatic heterocycles. The van der Waals surface area contributed by atoms with Crippen LogP contribution in [0.1, 0.15) is 113 Å². The lowest BCUT2D eigenvalue weighted by molar-refractivity contribution is -0.399. The van der Waals surface area contributed by atoms with Gasteiger partial charge in [0.25, 0.3) is 0 Å². The van der Waals surface area contributed by atoms with Crippen LogP contribution >= 0.6 is 0 Å². The normalized spacial score (nSPS) is 55.0. The quantitative estimate of drug-likeness (QED) is 0.0942.